The van der Waals surface area contributed by atoms with Crippen LogP contribution in [-0.2, 0) is 9.53 Å². The molecule has 0 saturated carbocycles. The third kappa shape index (κ3) is 3.96. The number of hydrogen-bond acceptors (Lipinski definition) is 5. The molecule has 2 aromatic carbocycles. The summed E-state index contributed by atoms with van der Waals surface area (Å²) in [5.41, 5.74) is 1.93. The predicted octanol–water partition coefficient (Wildman–Crippen LogP) is 4.37. The van der Waals surface area contributed by atoms with Crippen molar-refractivity contribution >= 4 is 17.7 Å². The Kier molecular flexibility index (Phi) is 6.07. The number of benzene rings is 2. The first-order valence-corrected chi connectivity index (χ1v) is 9.52. The Morgan fingerprint density at radius 2 is 1.69 bits per heavy atom. The first kappa shape index (κ1) is 18.2. The molecule has 3 rings (SSSR count). The van der Waals surface area contributed by atoms with E-state index in [9.17, 15) is 4.79 Å². The van der Waals surface area contributed by atoms with Gasteiger partial charge in [0.05, 0.1) is 6.61 Å². The van der Waals surface area contributed by atoms with Crippen molar-refractivity contribution in [1.82, 2.24) is 14.8 Å². The summed E-state index contributed by atoms with van der Waals surface area (Å²) in [6.45, 7) is 4.15. The molecule has 0 spiro atoms. The van der Waals surface area contributed by atoms with Crippen LogP contribution >= 0.6 is 11.8 Å². The lowest BCUT2D eigenvalue weighted by atomic mass is 10.2. The number of rotatable bonds is 7. The van der Waals surface area contributed by atoms with Crippen LogP contribution in [0.3, 0.4) is 0 Å². The SMILES string of the molecule is CCOC(=O)[C@H](CC)Sc1nnc(-c2ccccc2)n1-c1ccccc1. The Balaban J connectivity index is 2.03. The highest BCUT2D eigenvalue weighted by molar-refractivity contribution is 8.00. The Morgan fingerprint density at radius 3 is 2.31 bits per heavy atom. The lowest BCUT2D eigenvalue weighted by molar-refractivity contribution is -0.142. The minimum atomic E-state index is -0.315. The van der Waals surface area contributed by atoms with Gasteiger partial charge in [-0.1, -0.05) is 67.2 Å². The highest BCUT2D eigenvalue weighted by Crippen LogP contribution is 2.31. The average Bonchev–Trinajstić information content (AvgIpc) is 3.11. The van der Waals surface area contributed by atoms with Crippen LogP contribution in [-0.4, -0.2) is 32.6 Å². The molecule has 3 aromatic rings. The molecule has 0 aliphatic heterocycles. The molecule has 6 heteroatoms. The van der Waals surface area contributed by atoms with Crippen LogP contribution in [0.25, 0.3) is 17.1 Å². The quantitative estimate of drug-likeness (QED) is 0.458. The Hall–Kier alpha value is -2.60. The molecule has 0 fully saturated rings. The largest absolute Gasteiger partial charge is 0.465 e. The molecule has 0 radical (unpaired) electrons. The Bertz CT molecular complexity index is 850. The van der Waals surface area contributed by atoms with Gasteiger partial charge in [0.2, 0.25) is 0 Å². The second-order valence-electron chi connectivity index (χ2n) is 5.61. The van der Waals surface area contributed by atoms with Gasteiger partial charge in [-0.2, -0.15) is 0 Å². The van der Waals surface area contributed by atoms with Gasteiger partial charge >= 0.3 is 5.97 Å². The van der Waals surface area contributed by atoms with Gasteiger partial charge in [-0.15, -0.1) is 10.2 Å². The van der Waals surface area contributed by atoms with E-state index in [1.54, 1.807) is 0 Å². The number of para-hydroxylation sites is 1. The molecule has 1 aromatic heterocycles. The molecule has 0 amide bonds. The van der Waals surface area contributed by atoms with Crippen molar-refractivity contribution in [3.63, 3.8) is 0 Å². The van der Waals surface area contributed by atoms with E-state index in [0.717, 1.165) is 17.1 Å². The van der Waals surface area contributed by atoms with Crippen molar-refractivity contribution in [1.29, 1.82) is 0 Å². The summed E-state index contributed by atoms with van der Waals surface area (Å²) in [4.78, 5) is 12.2. The highest BCUT2D eigenvalue weighted by atomic mass is 32.2. The number of esters is 1. The fraction of sp³-hybridized carbons (Fsp3) is 0.250. The molecule has 134 valence electrons. The van der Waals surface area contributed by atoms with E-state index < -0.39 is 0 Å². The molecular formula is C20H21N3O2S. The number of carbonyl (C=O) groups is 1. The first-order chi connectivity index (χ1) is 12.7. The molecule has 5 nitrogen and oxygen atoms in total. The minimum Gasteiger partial charge on any atom is -0.465 e. The lowest BCUT2D eigenvalue weighted by Crippen LogP contribution is -2.20. The monoisotopic (exact) mass is 367 g/mol. The summed E-state index contributed by atoms with van der Waals surface area (Å²) in [6, 6.07) is 19.8. The third-order valence-electron chi connectivity index (χ3n) is 3.85. The van der Waals surface area contributed by atoms with E-state index in [1.807, 2.05) is 79.1 Å². The zero-order valence-electron chi connectivity index (χ0n) is 14.8. The minimum absolute atomic E-state index is 0.219. The Morgan fingerprint density at radius 1 is 1.04 bits per heavy atom. The van der Waals surface area contributed by atoms with Gasteiger partial charge in [0, 0.05) is 11.3 Å². The van der Waals surface area contributed by atoms with Crippen LogP contribution in [0.5, 0.6) is 0 Å². The van der Waals surface area contributed by atoms with Crippen molar-refractivity contribution in [3.8, 4) is 17.1 Å². The van der Waals surface area contributed by atoms with Gasteiger partial charge < -0.3 is 4.74 Å². The predicted molar refractivity (Wildman–Crippen MR) is 103 cm³/mol. The summed E-state index contributed by atoms with van der Waals surface area (Å²) >= 11 is 1.39. The highest BCUT2D eigenvalue weighted by Gasteiger charge is 2.24. The number of thioether (sulfide) groups is 1. The molecule has 0 unspecified atom stereocenters. The van der Waals surface area contributed by atoms with Crippen molar-refractivity contribution < 1.29 is 9.53 Å². The van der Waals surface area contributed by atoms with Crippen LogP contribution in [0.4, 0.5) is 0 Å². The molecule has 1 heterocycles. The second-order valence-corrected chi connectivity index (χ2v) is 6.78. The molecule has 0 aliphatic rings. The zero-order chi connectivity index (χ0) is 18.4. The van der Waals surface area contributed by atoms with Gasteiger partial charge in [-0.05, 0) is 25.5 Å². The zero-order valence-corrected chi connectivity index (χ0v) is 15.6. The number of nitrogens with zero attached hydrogens (tertiary/aromatic N) is 3. The maximum Gasteiger partial charge on any atom is 0.319 e. The molecular weight excluding hydrogens is 346 g/mol. The maximum absolute atomic E-state index is 12.2. The van der Waals surface area contributed by atoms with Crippen molar-refractivity contribution in [2.24, 2.45) is 0 Å². The number of carbonyl (C=O) groups excluding carboxylic acids is 1. The molecule has 0 bridgehead atoms. The number of aromatic nitrogens is 3. The fourth-order valence-corrected chi connectivity index (χ4v) is 3.56. The number of hydrogen-bond donors (Lipinski definition) is 0. The Labute approximate surface area is 157 Å². The molecule has 0 N–H and O–H groups in total. The summed E-state index contributed by atoms with van der Waals surface area (Å²) in [5.74, 6) is 0.530. The summed E-state index contributed by atoms with van der Waals surface area (Å²) in [7, 11) is 0. The van der Waals surface area contributed by atoms with Crippen LogP contribution in [0, 0.1) is 0 Å². The van der Waals surface area contributed by atoms with E-state index in [-0.39, 0.29) is 11.2 Å². The van der Waals surface area contributed by atoms with Gasteiger partial charge in [0.25, 0.3) is 0 Å². The van der Waals surface area contributed by atoms with Gasteiger partial charge in [-0.25, -0.2) is 0 Å². The van der Waals surface area contributed by atoms with Crippen molar-refractivity contribution in [2.45, 2.75) is 30.7 Å². The van der Waals surface area contributed by atoms with E-state index in [2.05, 4.69) is 10.2 Å². The molecule has 0 saturated heterocycles. The lowest BCUT2D eigenvalue weighted by Gasteiger charge is -2.14. The fourth-order valence-electron chi connectivity index (χ4n) is 2.59. The number of ether oxygens (including phenoxy) is 1. The van der Waals surface area contributed by atoms with E-state index in [1.165, 1.54) is 11.8 Å². The third-order valence-corrected chi connectivity index (χ3v) is 5.13. The normalized spacial score (nSPS) is 11.9. The van der Waals surface area contributed by atoms with Crippen LogP contribution in [0.1, 0.15) is 20.3 Å². The van der Waals surface area contributed by atoms with Crippen molar-refractivity contribution in [3.05, 3.63) is 60.7 Å². The summed E-state index contributed by atoms with van der Waals surface area (Å²) in [6.07, 6.45) is 0.659. The molecule has 26 heavy (non-hydrogen) atoms. The summed E-state index contributed by atoms with van der Waals surface area (Å²) in [5, 5.41) is 9.12. The van der Waals surface area contributed by atoms with E-state index in [0.29, 0.717) is 18.2 Å². The second kappa shape index (κ2) is 8.67. The topological polar surface area (TPSA) is 57.0 Å². The van der Waals surface area contributed by atoms with Crippen LogP contribution < -0.4 is 0 Å². The first-order valence-electron chi connectivity index (χ1n) is 8.64. The maximum atomic E-state index is 12.2. The van der Waals surface area contributed by atoms with Crippen LogP contribution in [0.2, 0.25) is 0 Å². The van der Waals surface area contributed by atoms with Crippen LogP contribution in [0.15, 0.2) is 65.8 Å². The van der Waals surface area contributed by atoms with Crippen molar-refractivity contribution in [2.75, 3.05) is 6.61 Å². The molecule has 1 atom stereocenters. The van der Waals surface area contributed by atoms with E-state index >= 15 is 0 Å². The van der Waals surface area contributed by atoms with Gasteiger partial charge in [-0.3, -0.25) is 9.36 Å². The smallest absolute Gasteiger partial charge is 0.319 e. The molecule has 0 aliphatic carbocycles. The summed E-state index contributed by atoms with van der Waals surface area (Å²) < 4.78 is 7.17. The standard InChI is InChI=1S/C20H21N3O2S/c1-3-17(19(24)25-4-2)26-20-22-21-18(15-11-7-5-8-12-15)23(20)16-13-9-6-10-14-16/h5-14,17H,3-4H2,1-2H3/t17-/m0/s1. The van der Waals surface area contributed by atoms with E-state index in [4.69, 9.17) is 4.74 Å². The average molecular weight is 367 g/mol. The van der Waals surface area contributed by atoms with Gasteiger partial charge in [0.15, 0.2) is 11.0 Å². The van der Waals surface area contributed by atoms with Gasteiger partial charge in [0.1, 0.15) is 5.25 Å².